The second-order valence-corrected chi connectivity index (χ2v) is 22.6. The van der Waals surface area contributed by atoms with Gasteiger partial charge in [-0.2, -0.15) is 108 Å². The number of hydrogen-bond acceptors (Lipinski definition) is 3. The number of aromatic nitrogens is 2. The zero-order valence-electron chi connectivity index (χ0n) is 48.4. The maximum Gasteiger partial charge on any atom is 0.416 e. The fourth-order valence-electron chi connectivity index (χ4n) is 11.9. The van der Waals surface area contributed by atoms with Crippen LogP contribution >= 0.6 is 0 Å². The van der Waals surface area contributed by atoms with Crippen molar-refractivity contribution in [2.45, 2.75) is 50.2 Å². The molecule has 5 nitrogen and oxygen atoms in total. The van der Waals surface area contributed by atoms with Crippen LogP contribution in [-0.2, 0) is 43.2 Å². The second kappa shape index (κ2) is 22.7. The molecule has 10 aromatic carbocycles. The van der Waals surface area contributed by atoms with Crippen LogP contribution in [0.3, 0.4) is 0 Å². The molecule has 0 saturated heterocycles. The number of halogens is 21. The Balaban J connectivity index is 1.30. The first-order valence-electron chi connectivity index (χ1n) is 28.0. The highest BCUT2D eigenvalue weighted by atomic mass is 19.4. The number of nitriles is 3. The van der Waals surface area contributed by atoms with E-state index in [-0.39, 0.29) is 118 Å². The molecule has 0 radical (unpaired) electrons. The fraction of sp³-hybridized carbons (Fsp3) is 0.113. The Morgan fingerprint density at radius 3 is 0.794 bits per heavy atom. The van der Waals surface area contributed by atoms with Crippen LogP contribution in [-0.4, -0.2) is 9.13 Å². The SMILES string of the molecule is Cc1cc(-c2ccc3c4ccc(-c5cc(C(F)(F)F)cc(C(F)(F)F)c5)cc4n(-c4cc(-c5cc(C#N)cc(C#N)c5)c(C#N)cc4-n4c5cc(-c6cc(C(F)(F)F)cc(C(F)(F)F)c6)ccc5c5ccc(-c6cc(C(F)(F)F)cc(C(F)(F)F)c6)cc54)c3c2)cc(C(F)(F)F)c1. The normalized spacial score (nSPS) is 12.8. The molecule has 0 spiro atoms. The number of fused-ring (bicyclic) bond motifs is 6. The van der Waals surface area contributed by atoms with Gasteiger partial charge in [0, 0.05) is 27.1 Å². The van der Waals surface area contributed by atoms with Gasteiger partial charge >= 0.3 is 43.2 Å². The molecule has 0 bridgehead atoms. The lowest BCUT2D eigenvalue weighted by molar-refractivity contribution is -0.144. The molecule has 0 aliphatic heterocycles. The van der Waals surface area contributed by atoms with Crippen molar-refractivity contribution in [2.24, 2.45) is 0 Å². The highest BCUT2D eigenvalue weighted by Crippen LogP contribution is 2.49. The number of benzene rings is 10. The molecule has 0 unspecified atom stereocenters. The van der Waals surface area contributed by atoms with Crippen LogP contribution in [0.25, 0.3) is 111 Å². The largest absolute Gasteiger partial charge is 0.416 e. The van der Waals surface area contributed by atoms with Gasteiger partial charge < -0.3 is 9.13 Å². The van der Waals surface area contributed by atoms with Crippen LogP contribution in [0, 0.1) is 40.9 Å². The van der Waals surface area contributed by atoms with Gasteiger partial charge in [-0.3, -0.25) is 0 Å². The summed E-state index contributed by atoms with van der Waals surface area (Å²) in [6.45, 7) is 1.35. The molecule has 97 heavy (non-hydrogen) atoms. The first kappa shape index (κ1) is 65.8. The number of hydrogen-bond donors (Lipinski definition) is 0. The lowest BCUT2D eigenvalue weighted by Gasteiger charge is -2.21. The van der Waals surface area contributed by atoms with Gasteiger partial charge in [0.1, 0.15) is 0 Å². The Bertz CT molecular complexity index is 5150. The standard InChI is InChI=1S/C71H32F21N5/c1-34-10-41(15-47(11-34)65(72,73)74)37-2-6-56-57-9-5-40(44-20-52(70(87,88)89)29-53(21-44)71(90,91)92)25-62(57)97(61(56)22-37)64-30-58(45-13-35(31-93)12-36(14-45)32-94)46(33-95)26-63(64)96-59-23-38(42-16-48(66(75,76)77)27-49(17-42)67(78,79)80)3-7-54(59)55-8-4-39(24-60(55)96)43-18-50(68(81,82)83)28-51(19-43)69(84,85)86/h2-30H,1H3. The van der Waals surface area contributed by atoms with E-state index in [9.17, 15) is 108 Å². The van der Waals surface area contributed by atoms with Gasteiger partial charge in [0.05, 0.1) is 107 Å². The Kier molecular flexibility index (Phi) is 15.4. The predicted octanol–water partition coefficient (Wildman–Crippen LogP) is 23.3. The summed E-state index contributed by atoms with van der Waals surface area (Å²) in [5.41, 5.74) is -17.5. The summed E-state index contributed by atoms with van der Waals surface area (Å²) in [6, 6.07) is 31.0. The van der Waals surface area contributed by atoms with Crippen molar-refractivity contribution in [2.75, 3.05) is 0 Å². The molecular weight excluding hydrogens is 1320 g/mol. The van der Waals surface area contributed by atoms with Gasteiger partial charge in [0.15, 0.2) is 0 Å². The monoisotopic (exact) mass is 1350 g/mol. The summed E-state index contributed by atoms with van der Waals surface area (Å²) in [5, 5.41) is 31.9. The molecule has 0 aliphatic rings. The molecule has 2 aromatic heterocycles. The van der Waals surface area contributed by atoms with Gasteiger partial charge in [-0.25, -0.2) is 0 Å². The van der Waals surface area contributed by atoms with Gasteiger partial charge in [-0.15, -0.1) is 0 Å². The Labute approximate surface area is 531 Å². The van der Waals surface area contributed by atoms with Gasteiger partial charge in [0.2, 0.25) is 0 Å². The average molecular weight is 1350 g/mol. The van der Waals surface area contributed by atoms with E-state index in [1.165, 1.54) is 76.7 Å². The molecule has 0 atom stereocenters. The Morgan fingerprint density at radius 1 is 0.258 bits per heavy atom. The predicted molar refractivity (Wildman–Crippen MR) is 316 cm³/mol. The molecule has 488 valence electrons. The van der Waals surface area contributed by atoms with E-state index in [2.05, 4.69) is 0 Å². The van der Waals surface area contributed by atoms with E-state index in [1.807, 2.05) is 18.2 Å². The third-order valence-corrected chi connectivity index (χ3v) is 16.3. The fourth-order valence-corrected chi connectivity index (χ4v) is 11.9. The van der Waals surface area contributed by atoms with Crippen LogP contribution in [0.4, 0.5) is 92.2 Å². The number of aryl methyl sites for hydroxylation is 1. The molecule has 2 heterocycles. The quantitative estimate of drug-likeness (QED) is 0.149. The Morgan fingerprint density at radius 2 is 0.526 bits per heavy atom. The lowest BCUT2D eigenvalue weighted by atomic mass is 9.95. The van der Waals surface area contributed by atoms with Crippen LogP contribution in [0.2, 0.25) is 0 Å². The van der Waals surface area contributed by atoms with Gasteiger partial charge in [0.25, 0.3) is 0 Å². The summed E-state index contributed by atoms with van der Waals surface area (Å²) >= 11 is 0. The van der Waals surface area contributed by atoms with E-state index in [0.717, 1.165) is 60.7 Å². The van der Waals surface area contributed by atoms with Crippen molar-refractivity contribution < 1.29 is 92.2 Å². The zero-order valence-corrected chi connectivity index (χ0v) is 48.4. The van der Waals surface area contributed by atoms with Crippen molar-refractivity contribution in [3.63, 3.8) is 0 Å². The number of nitrogens with zero attached hydrogens (tertiary/aromatic N) is 5. The molecular formula is C71H32F21N5. The molecule has 0 fully saturated rings. The molecule has 12 aromatic rings. The minimum Gasteiger partial charge on any atom is -0.307 e. The summed E-state index contributed by atoms with van der Waals surface area (Å²) in [5.74, 6) is 0. The van der Waals surface area contributed by atoms with E-state index in [1.54, 1.807) is 0 Å². The summed E-state index contributed by atoms with van der Waals surface area (Å²) in [7, 11) is 0. The van der Waals surface area contributed by atoms with Crippen molar-refractivity contribution in [1.29, 1.82) is 15.8 Å². The summed E-state index contributed by atoms with van der Waals surface area (Å²) in [6.07, 6.45) is -37.3. The van der Waals surface area contributed by atoms with E-state index in [0.29, 0.717) is 36.4 Å². The van der Waals surface area contributed by atoms with E-state index in [4.69, 9.17) is 0 Å². The van der Waals surface area contributed by atoms with Gasteiger partial charge in [-0.1, -0.05) is 54.6 Å². The first-order chi connectivity index (χ1) is 45.2. The number of alkyl halides is 21. The summed E-state index contributed by atoms with van der Waals surface area (Å²) < 4.78 is 308. The van der Waals surface area contributed by atoms with Gasteiger partial charge in [-0.05, 0) is 184 Å². The minimum atomic E-state index is -5.41. The smallest absolute Gasteiger partial charge is 0.307 e. The topological polar surface area (TPSA) is 81.2 Å². The zero-order chi connectivity index (χ0) is 70.2. The van der Waals surface area contributed by atoms with Crippen molar-refractivity contribution in [3.05, 3.63) is 237 Å². The van der Waals surface area contributed by atoms with Crippen LogP contribution in [0.1, 0.15) is 61.2 Å². The molecule has 0 aliphatic carbocycles. The first-order valence-corrected chi connectivity index (χ1v) is 28.0. The maximum atomic E-state index is 14.6. The van der Waals surface area contributed by atoms with Crippen LogP contribution in [0.5, 0.6) is 0 Å². The van der Waals surface area contributed by atoms with E-state index >= 15 is 0 Å². The van der Waals surface area contributed by atoms with Crippen molar-refractivity contribution >= 4 is 43.6 Å². The molecule has 0 N–H and O–H groups in total. The molecule has 26 heteroatoms. The Hall–Kier alpha value is -11.2. The third kappa shape index (κ3) is 12.4. The third-order valence-electron chi connectivity index (χ3n) is 16.3. The van der Waals surface area contributed by atoms with Crippen molar-refractivity contribution in [3.8, 4) is 85.2 Å². The summed E-state index contributed by atoms with van der Waals surface area (Å²) in [4.78, 5) is 0. The highest BCUT2D eigenvalue weighted by molar-refractivity contribution is 6.14. The van der Waals surface area contributed by atoms with Crippen LogP contribution in [0.15, 0.2) is 176 Å². The second-order valence-electron chi connectivity index (χ2n) is 22.6. The highest BCUT2D eigenvalue weighted by Gasteiger charge is 2.41. The lowest BCUT2D eigenvalue weighted by Crippen LogP contribution is -2.11. The minimum absolute atomic E-state index is 0.000938. The maximum absolute atomic E-state index is 14.6. The molecule has 12 rings (SSSR count). The van der Waals surface area contributed by atoms with Crippen molar-refractivity contribution in [1.82, 2.24) is 9.13 Å². The average Bonchev–Trinajstić information content (AvgIpc) is 1.57. The molecule has 0 amide bonds. The number of rotatable bonds is 7. The van der Waals surface area contributed by atoms with E-state index < -0.39 is 116 Å². The van der Waals surface area contributed by atoms with Crippen LogP contribution < -0.4 is 0 Å². The molecule has 0 saturated carbocycles.